The molecule has 0 fully saturated rings. The number of methoxy groups -OCH3 is 1. The number of hydrogen-bond acceptors (Lipinski definition) is 5. The van der Waals surface area contributed by atoms with Gasteiger partial charge in [0.15, 0.2) is 0 Å². The molecular weight excluding hydrogens is 312 g/mol. The summed E-state index contributed by atoms with van der Waals surface area (Å²) in [6, 6.07) is 11.2. The van der Waals surface area contributed by atoms with Gasteiger partial charge < -0.3 is 9.15 Å². The van der Waals surface area contributed by atoms with Gasteiger partial charge in [-0.25, -0.2) is 5.01 Å². The van der Waals surface area contributed by atoms with E-state index in [1.807, 2.05) is 42.7 Å². The number of thioether (sulfide) groups is 1. The fourth-order valence-corrected chi connectivity index (χ4v) is 2.97. The Morgan fingerprint density at radius 3 is 2.78 bits per heavy atom. The van der Waals surface area contributed by atoms with Gasteiger partial charge in [0.2, 0.25) is 0 Å². The first-order valence-corrected chi connectivity index (χ1v) is 8.68. The van der Waals surface area contributed by atoms with Gasteiger partial charge in [0.05, 0.1) is 24.8 Å². The first kappa shape index (κ1) is 15.7. The zero-order valence-corrected chi connectivity index (χ0v) is 13.9. The Morgan fingerprint density at radius 2 is 2.17 bits per heavy atom. The summed E-state index contributed by atoms with van der Waals surface area (Å²) in [6.07, 6.45) is 4.17. The Kier molecular flexibility index (Phi) is 4.71. The topological polar surface area (TPSA) is 55.0 Å². The molecule has 5 nitrogen and oxygen atoms in total. The van der Waals surface area contributed by atoms with Crippen LogP contribution in [-0.2, 0) is 4.79 Å². The monoisotopic (exact) mass is 330 g/mol. The Hall–Kier alpha value is -2.21. The minimum Gasteiger partial charge on any atom is -0.497 e. The van der Waals surface area contributed by atoms with Crippen LogP contribution in [0.5, 0.6) is 5.75 Å². The number of amides is 1. The molecule has 120 valence electrons. The van der Waals surface area contributed by atoms with Crippen LogP contribution in [0.25, 0.3) is 0 Å². The van der Waals surface area contributed by atoms with Crippen molar-refractivity contribution < 1.29 is 13.9 Å². The largest absolute Gasteiger partial charge is 0.497 e. The summed E-state index contributed by atoms with van der Waals surface area (Å²) in [5.41, 5.74) is 1.87. The summed E-state index contributed by atoms with van der Waals surface area (Å²) in [5.74, 6) is 1.94. The summed E-state index contributed by atoms with van der Waals surface area (Å²) in [7, 11) is 1.64. The average Bonchev–Trinajstić information content (AvgIpc) is 3.24. The normalized spacial score (nSPS) is 17.2. The fourth-order valence-electron chi connectivity index (χ4n) is 2.59. The highest BCUT2D eigenvalue weighted by Crippen LogP contribution is 2.33. The van der Waals surface area contributed by atoms with Crippen LogP contribution >= 0.6 is 11.8 Å². The Morgan fingerprint density at radius 1 is 1.39 bits per heavy atom. The van der Waals surface area contributed by atoms with Crippen molar-refractivity contribution in [3.05, 3.63) is 54.0 Å². The molecule has 1 atom stereocenters. The van der Waals surface area contributed by atoms with E-state index < -0.39 is 0 Å². The summed E-state index contributed by atoms with van der Waals surface area (Å²) in [5, 5.41) is 6.11. The number of carbonyl (C=O) groups excluding carboxylic acids is 1. The van der Waals surface area contributed by atoms with Crippen molar-refractivity contribution in [3.8, 4) is 5.75 Å². The predicted octanol–water partition coefficient (Wildman–Crippen LogP) is 3.33. The number of ether oxygens (including phenoxy) is 1. The lowest BCUT2D eigenvalue weighted by Gasteiger charge is -2.19. The molecule has 0 aliphatic carbocycles. The van der Waals surface area contributed by atoms with Gasteiger partial charge in [0, 0.05) is 6.42 Å². The van der Waals surface area contributed by atoms with Crippen LogP contribution in [0, 0.1) is 0 Å². The molecule has 0 bridgehead atoms. The molecule has 3 rings (SSSR count). The molecule has 2 aromatic rings. The summed E-state index contributed by atoms with van der Waals surface area (Å²) >= 11 is 1.49. The first-order chi connectivity index (χ1) is 11.2. The van der Waals surface area contributed by atoms with E-state index in [2.05, 4.69) is 5.10 Å². The molecule has 1 aromatic heterocycles. The maximum absolute atomic E-state index is 12.4. The molecule has 1 aliphatic heterocycles. The Bertz CT molecular complexity index is 695. The Labute approximate surface area is 139 Å². The van der Waals surface area contributed by atoms with Crippen molar-refractivity contribution in [2.45, 2.75) is 12.5 Å². The van der Waals surface area contributed by atoms with Gasteiger partial charge >= 0.3 is 0 Å². The second-order valence-corrected chi connectivity index (χ2v) is 6.05. The van der Waals surface area contributed by atoms with E-state index in [0.717, 1.165) is 22.8 Å². The highest BCUT2D eigenvalue weighted by atomic mass is 32.2. The SMILES string of the molecule is COc1ccc(C2=NN(C(=O)CSC)[C@@H](c3ccco3)C2)cc1. The molecule has 0 unspecified atom stereocenters. The number of nitrogens with zero attached hydrogens (tertiary/aromatic N) is 2. The van der Waals surface area contributed by atoms with Crippen molar-refractivity contribution in [1.29, 1.82) is 0 Å². The van der Waals surface area contributed by atoms with Crippen molar-refractivity contribution in [2.24, 2.45) is 5.10 Å². The number of carbonyl (C=O) groups is 1. The van der Waals surface area contributed by atoms with Gasteiger partial charge in [-0.1, -0.05) is 0 Å². The molecule has 23 heavy (non-hydrogen) atoms. The van der Waals surface area contributed by atoms with E-state index in [0.29, 0.717) is 12.2 Å². The van der Waals surface area contributed by atoms with Gasteiger partial charge in [-0.05, 0) is 48.2 Å². The molecule has 1 aromatic carbocycles. The molecule has 0 spiro atoms. The van der Waals surface area contributed by atoms with Crippen molar-refractivity contribution in [1.82, 2.24) is 5.01 Å². The second kappa shape index (κ2) is 6.91. The van der Waals surface area contributed by atoms with E-state index in [1.54, 1.807) is 18.4 Å². The summed E-state index contributed by atoms with van der Waals surface area (Å²) in [4.78, 5) is 12.4. The average molecular weight is 330 g/mol. The van der Waals surface area contributed by atoms with E-state index in [-0.39, 0.29) is 11.9 Å². The molecule has 6 heteroatoms. The number of furan rings is 1. The molecule has 0 saturated carbocycles. The number of benzene rings is 1. The zero-order chi connectivity index (χ0) is 16.2. The predicted molar refractivity (Wildman–Crippen MR) is 90.8 cm³/mol. The third-order valence-corrected chi connectivity index (χ3v) is 4.26. The van der Waals surface area contributed by atoms with Gasteiger partial charge in [-0.3, -0.25) is 4.79 Å². The molecule has 0 radical (unpaired) electrons. The van der Waals surface area contributed by atoms with Gasteiger partial charge in [0.1, 0.15) is 17.6 Å². The second-order valence-electron chi connectivity index (χ2n) is 5.18. The minimum absolute atomic E-state index is 0.0117. The lowest BCUT2D eigenvalue weighted by molar-refractivity contribution is -0.130. The molecule has 1 aliphatic rings. The van der Waals surface area contributed by atoms with Gasteiger partial charge in [-0.2, -0.15) is 16.9 Å². The van der Waals surface area contributed by atoms with Gasteiger partial charge in [-0.15, -0.1) is 0 Å². The first-order valence-electron chi connectivity index (χ1n) is 7.29. The lowest BCUT2D eigenvalue weighted by Crippen LogP contribution is -2.28. The third kappa shape index (κ3) is 3.27. The van der Waals surface area contributed by atoms with Gasteiger partial charge in [0.25, 0.3) is 5.91 Å². The zero-order valence-electron chi connectivity index (χ0n) is 13.1. The maximum Gasteiger partial charge on any atom is 0.253 e. The molecule has 0 N–H and O–H groups in total. The van der Waals surface area contributed by atoms with Crippen LogP contribution in [0.3, 0.4) is 0 Å². The highest BCUT2D eigenvalue weighted by molar-refractivity contribution is 7.99. The van der Waals surface area contributed by atoms with Crippen LogP contribution in [-0.4, -0.2) is 35.7 Å². The van der Waals surface area contributed by atoms with Crippen LogP contribution in [0.1, 0.15) is 23.8 Å². The van der Waals surface area contributed by atoms with Crippen molar-refractivity contribution in [2.75, 3.05) is 19.1 Å². The smallest absolute Gasteiger partial charge is 0.253 e. The molecule has 1 amide bonds. The van der Waals surface area contributed by atoms with E-state index in [1.165, 1.54) is 11.8 Å². The number of hydrogen-bond donors (Lipinski definition) is 0. The number of rotatable bonds is 5. The van der Waals surface area contributed by atoms with E-state index in [9.17, 15) is 4.79 Å². The molecule has 2 heterocycles. The minimum atomic E-state index is -0.179. The maximum atomic E-state index is 12.4. The quantitative estimate of drug-likeness (QED) is 0.844. The number of hydrazone groups is 1. The summed E-state index contributed by atoms with van der Waals surface area (Å²) in [6.45, 7) is 0. The van der Waals surface area contributed by atoms with Crippen LogP contribution in [0.15, 0.2) is 52.2 Å². The highest BCUT2D eigenvalue weighted by Gasteiger charge is 2.34. The molecular formula is C17H18N2O3S. The molecule has 0 saturated heterocycles. The Balaban J connectivity index is 1.88. The van der Waals surface area contributed by atoms with Crippen LogP contribution < -0.4 is 4.74 Å². The van der Waals surface area contributed by atoms with E-state index in [4.69, 9.17) is 9.15 Å². The third-order valence-electron chi connectivity index (χ3n) is 3.73. The van der Waals surface area contributed by atoms with Crippen molar-refractivity contribution >= 4 is 23.4 Å². The lowest BCUT2D eigenvalue weighted by atomic mass is 10.0. The van der Waals surface area contributed by atoms with Crippen molar-refractivity contribution in [3.63, 3.8) is 0 Å². The van der Waals surface area contributed by atoms with Crippen LogP contribution in [0.2, 0.25) is 0 Å². The summed E-state index contributed by atoms with van der Waals surface area (Å²) < 4.78 is 10.7. The van der Waals surface area contributed by atoms with Crippen LogP contribution in [0.4, 0.5) is 0 Å². The van der Waals surface area contributed by atoms with E-state index >= 15 is 0 Å². The fraction of sp³-hybridized carbons (Fsp3) is 0.294. The standard InChI is InChI=1S/C17H18N2O3S/c1-21-13-7-5-12(6-8-13)14-10-15(16-4-3-9-22-16)19(18-14)17(20)11-23-2/h3-9,15H,10-11H2,1-2H3/t15-/m1/s1.